The van der Waals surface area contributed by atoms with Crippen molar-refractivity contribution in [2.45, 2.75) is 195 Å². The lowest BCUT2D eigenvalue weighted by atomic mass is 10.0. The van der Waals surface area contributed by atoms with Gasteiger partial charge in [-0.05, 0) is 50.7 Å². The lowest BCUT2D eigenvalue weighted by molar-refractivity contribution is -0.123. The number of hydrogen-bond donors (Lipinski definition) is 0. The average molecular weight is 869 g/mol. The van der Waals surface area contributed by atoms with E-state index in [1.807, 2.05) is 12.2 Å². The summed E-state index contributed by atoms with van der Waals surface area (Å²) in [5.41, 5.74) is 2.17. The smallest absolute Gasteiger partial charge is 0.266 e. The van der Waals surface area contributed by atoms with Crippen molar-refractivity contribution in [3.05, 3.63) is 44.6 Å². The van der Waals surface area contributed by atoms with Crippen LogP contribution in [0.15, 0.2) is 30.8 Å². The number of nitrogens with zero attached hydrogens (tertiary/aromatic N) is 2. The van der Waals surface area contributed by atoms with Gasteiger partial charge in [0.2, 0.25) is 0 Å². The molecule has 0 atom stereocenters. The molecule has 2 amide bonds. The van der Waals surface area contributed by atoms with Crippen molar-refractivity contribution in [1.29, 1.82) is 0 Å². The molecule has 0 aromatic carbocycles. The second-order valence-corrected chi connectivity index (χ2v) is 19.6. The van der Waals surface area contributed by atoms with Gasteiger partial charge in [0.1, 0.15) is 20.2 Å². The maximum Gasteiger partial charge on any atom is 0.266 e. The van der Waals surface area contributed by atoms with Crippen LogP contribution in [0.25, 0.3) is 23.7 Å². The largest absolute Gasteiger partial charge is 0.453 e. The van der Waals surface area contributed by atoms with Crippen LogP contribution >= 0.6 is 48.0 Å². The van der Waals surface area contributed by atoms with Crippen molar-refractivity contribution in [3.8, 4) is 11.5 Å². The highest BCUT2D eigenvalue weighted by Gasteiger charge is 2.33. The van der Waals surface area contributed by atoms with E-state index in [-0.39, 0.29) is 11.8 Å². The lowest BCUT2D eigenvalue weighted by Crippen LogP contribution is -2.29. The summed E-state index contributed by atoms with van der Waals surface area (Å²) in [6.07, 6.45) is 34.0. The Hall–Kier alpha value is -2.14. The summed E-state index contributed by atoms with van der Waals surface area (Å²) >= 11 is 14.1. The van der Waals surface area contributed by atoms with Gasteiger partial charge < -0.3 is 8.83 Å². The van der Waals surface area contributed by atoms with E-state index in [0.717, 1.165) is 86.9 Å². The molecule has 0 radical (unpaired) electrons. The fourth-order valence-corrected chi connectivity index (χ4v) is 10.3. The molecule has 2 aliphatic heterocycles. The number of hydrogen-bond acceptors (Lipinski definition) is 8. The maximum atomic E-state index is 13.6. The fraction of sp³-hybridized carbons (Fsp3) is 0.667. The normalized spacial score (nSPS) is 16.1. The number of rotatable bonds is 31. The monoisotopic (exact) mass is 868 g/mol. The topological polar surface area (TPSA) is 66.9 Å². The lowest BCUT2D eigenvalue weighted by Gasteiger charge is -2.14. The summed E-state index contributed by atoms with van der Waals surface area (Å²) < 4.78 is 14.6. The molecule has 0 spiro atoms. The second kappa shape index (κ2) is 27.7. The van der Waals surface area contributed by atoms with Crippen molar-refractivity contribution in [1.82, 2.24) is 9.80 Å². The third-order valence-electron chi connectivity index (χ3n) is 11.2. The van der Waals surface area contributed by atoms with Gasteiger partial charge in [-0.1, -0.05) is 204 Å². The highest BCUT2D eigenvalue weighted by Crippen LogP contribution is 2.40. The molecule has 2 fully saturated rings. The van der Waals surface area contributed by atoms with E-state index in [0.29, 0.717) is 43.1 Å². The van der Waals surface area contributed by atoms with Crippen LogP contribution in [0.1, 0.15) is 204 Å². The molecule has 58 heavy (non-hydrogen) atoms. The zero-order valence-electron chi connectivity index (χ0n) is 36.3. The van der Waals surface area contributed by atoms with E-state index in [1.54, 1.807) is 9.80 Å². The van der Waals surface area contributed by atoms with Crippen LogP contribution < -0.4 is 0 Å². The van der Waals surface area contributed by atoms with Gasteiger partial charge in [-0.25, -0.2) is 0 Å². The second-order valence-electron chi connectivity index (χ2n) is 16.2. The Morgan fingerprint density at radius 1 is 0.483 bits per heavy atom. The Morgan fingerprint density at radius 3 is 1.14 bits per heavy atom. The predicted molar refractivity (Wildman–Crippen MR) is 257 cm³/mol. The number of unbranched alkanes of at least 4 members (excludes halogenated alkanes) is 20. The molecule has 0 saturated carbocycles. The molecule has 322 valence electrons. The Morgan fingerprint density at radius 2 is 0.793 bits per heavy atom. The summed E-state index contributed by atoms with van der Waals surface area (Å²) in [5.74, 6) is 2.68. The van der Waals surface area contributed by atoms with Crippen molar-refractivity contribution in [2.75, 3.05) is 13.1 Å². The van der Waals surface area contributed by atoms with Crippen LogP contribution in [0, 0.1) is 0 Å². The van der Waals surface area contributed by atoms with Gasteiger partial charge in [0.25, 0.3) is 11.8 Å². The minimum absolute atomic E-state index is 0.0305. The molecule has 4 rings (SSSR count). The van der Waals surface area contributed by atoms with E-state index < -0.39 is 0 Å². The molecule has 10 heteroatoms. The van der Waals surface area contributed by atoms with Crippen molar-refractivity contribution in [3.63, 3.8) is 0 Å². The van der Waals surface area contributed by atoms with Crippen LogP contribution in [0.2, 0.25) is 0 Å². The van der Waals surface area contributed by atoms with Crippen molar-refractivity contribution >= 4 is 80.6 Å². The minimum Gasteiger partial charge on any atom is -0.453 e. The highest BCUT2D eigenvalue weighted by molar-refractivity contribution is 8.27. The first-order valence-corrected chi connectivity index (χ1v) is 25.5. The Labute approximate surface area is 370 Å². The molecule has 0 aliphatic carbocycles. The van der Waals surface area contributed by atoms with Gasteiger partial charge in [-0.2, -0.15) is 0 Å². The molecule has 2 aliphatic rings. The molecule has 4 heterocycles. The first-order valence-electron chi connectivity index (χ1n) is 23.1. The third kappa shape index (κ3) is 15.7. The summed E-state index contributed by atoms with van der Waals surface area (Å²) in [6, 6.07) is 4.18. The molecule has 6 nitrogen and oxygen atoms in total. The number of amides is 2. The molecule has 2 saturated heterocycles. The zero-order chi connectivity index (χ0) is 41.5. The van der Waals surface area contributed by atoms with Crippen molar-refractivity contribution in [2.24, 2.45) is 0 Å². The number of aryl methyl sites for hydroxylation is 2. The Kier molecular flexibility index (Phi) is 23.1. The van der Waals surface area contributed by atoms with Crippen molar-refractivity contribution < 1.29 is 18.4 Å². The first kappa shape index (κ1) is 48.5. The molecule has 0 unspecified atom stereocenters. The number of thioether (sulfide) groups is 2. The number of carbonyl (C=O) groups excluding carboxylic acids is 2. The van der Waals surface area contributed by atoms with E-state index in [4.69, 9.17) is 33.3 Å². The quantitative estimate of drug-likeness (QED) is 0.0422. The van der Waals surface area contributed by atoms with Gasteiger partial charge in [0.15, 0.2) is 11.5 Å². The average Bonchev–Trinajstić information content (AvgIpc) is 3.94. The van der Waals surface area contributed by atoms with Crippen LogP contribution in [-0.4, -0.2) is 43.3 Å². The van der Waals surface area contributed by atoms with E-state index in [9.17, 15) is 9.59 Å². The molecule has 0 bridgehead atoms. The summed E-state index contributed by atoms with van der Waals surface area (Å²) in [7, 11) is 0. The van der Waals surface area contributed by atoms with Crippen LogP contribution in [0.5, 0.6) is 0 Å². The van der Waals surface area contributed by atoms with Gasteiger partial charge in [0.05, 0.1) is 9.81 Å². The predicted octanol–water partition coefficient (Wildman–Crippen LogP) is 15.5. The van der Waals surface area contributed by atoms with Crippen LogP contribution in [-0.2, 0) is 22.4 Å². The molecule has 2 aromatic rings. The minimum atomic E-state index is -0.0305. The number of furan rings is 2. The molecular formula is C48H72N2O4S4. The van der Waals surface area contributed by atoms with E-state index in [2.05, 4.69) is 39.8 Å². The summed E-state index contributed by atoms with van der Waals surface area (Å²) in [6.45, 7) is 10.3. The van der Waals surface area contributed by atoms with Gasteiger partial charge >= 0.3 is 0 Å². The van der Waals surface area contributed by atoms with Gasteiger partial charge in [-0.3, -0.25) is 19.4 Å². The highest BCUT2D eigenvalue weighted by atomic mass is 32.2. The number of thiocarbonyl (C=S) groups is 2. The Balaban J connectivity index is 1.52. The zero-order valence-corrected chi connectivity index (χ0v) is 39.5. The summed E-state index contributed by atoms with van der Waals surface area (Å²) in [4.78, 5) is 32.0. The van der Waals surface area contributed by atoms with Crippen LogP contribution in [0.3, 0.4) is 0 Å². The molecular weight excluding hydrogens is 797 g/mol. The molecule has 0 N–H and O–H groups in total. The number of carbonyl (C=O) groups is 2. The van der Waals surface area contributed by atoms with Crippen LogP contribution in [0.4, 0.5) is 0 Å². The third-order valence-corrected chi connectivity index (χ3v) is 14.0. The van der Waals surface area contributed by atoms with E-state index in [1.165, 1.54) is 126 Å². The van der Waals surface area contributed by atoms with Gasteiger partial charge in [-0.15, -0.1) is 0 Å². The fourth-order valence-electron chi connectivity index (χ4n) is 7.73. The summed E-state index contributed by atoms with van der Waals surface area (Å²) in [5, 5.41) is 0. The maximum absolute atomic E-state index is 13.6. The SMILES string of the molecule is CCCCCCCCCCN1C(=O)/C(=C/c2cc(CCCCCC)c(-c3oc(/C=C4\SC(=S)N(CCCCCCCCCC)C4=O)cc3CCCCCC)o2)SC1=S. The van der Waals surface area contributed by atoms with Gasteiger partial charge in [0, 0.05) is 36.4 Å². The van der Waals surface area contributed by atoms with E-state index >= 15 is 0 Å². The standard InChI is InChI=1S/C48H72N2O4S4/c1-5-9-13-17-19-21-23-27-31-49-45(51)41(57-47(49)55)35-39-33-37(29-25-15-11-7-3)43(53-39)44-38(30-26-16-12-8-4)34-40(54-44)36-42-46(52)50(48(56)58-42)32-28-24-22-20-18-14-10-6-2/h33-36H,5-32H2,1-4H3/b41-35-,42-36-. The Bertz CT molecular complexity index is 1540. The first-order chi connectivity index (χ1) is 28.3. The molecule has 2 aromatic heterocycles.